The number of rotatable bonds is 9. The first kappa shape index (κ1) is 24.8. The molecule has 1 aliphatic carbocycles. The fourth-order valence-corrected chi connectivity index (χ4v) is 6.09. The zero-order chi connectivity index (χ0) is 25.3. The van der Waals surface area contributed by atoms with Crippen LogP contribution in [0.25, 0.3) is 16.9 Å². The minimum atomic E-state index is -3.50. The number of aromatic nitrogens is 4. The third-order valence-electron chi connectivity index (χ3n) is 6.73. The van der Waals surface area contributed by atoms with Crippen LogP contribution in [0.15, 0.2) is 36.8 Å². The molecule has 0 atom stereocenters. The molecule has 0 spiro atoms. The molecule has 2 aromatic heterocycles. The Hall–Kier alpha value is -2.92. The molecule has 5 rings (SSSR count). The second-order valence-corrected chi connectivity index (χ2v) is 11.9. The van der Waals surface area contributed by atoms with Crippen LogP contribution in [0.5, 0.6) is 0 Å². The molecule has 192 valence electrons. The lowest BCUT2D eigenvalue weighted by atomic mass is 10.2. The molecule has 1 saturated carbocycles. The Morgan fingerprint density at radius 2 is 1.86 bits per heavy atom. The number of halogens is 2. The van der Waals surface area contributed by atoms with E-state index >= 15 is 4.39 Å². The second kappa shape index (κ2) is 10.2. The van der Waals surface area contributed by atoms with Crippen LogP contribution >= 0.6 is 0 Å². The van der Waals surface area contributed by atoms with Gasteiger partial charge >= 0.3 is 0 Å². The van der Waals surface area contributed by atoms with E-state index in [0.29, 0.717) is 17.7 Å². The Balaban J connectivity index is 1.35. The van der Waals surface area contributed by atoms with Crippen molar-refractivity contribution in [2.45, 2.75) is 31.9 Å². The predicted molar refractivity (Wildman–Crippen MR) is 134 cm³/mol. The molecular weight excluding hydrogens is 486 g/mol. The molecule has 8 nitrogen and oxygen atoms in total. The third-order valence-corrected chi connectivity index (χ3v) is 8.51. The van der Waals surface area contributed by atoms with Crippen LogP contribution in [0.3, 0.4) is 0 Å². The molecule has 1 saturated heterocycles. The van der Waals surface area contributed by atoms with Gasteiger partial charge < -0.3 is 4.90 Å². The van der Waals surface area contributed by atoms with Crippen LogP contribution in [0, 0.1) is 17.6 Å². The molecule has 0 amide bonds. The van der Waals surface area contributed by atoms with Crippen molar-refractivity contribution >= 4 is 15.5 Å². The van der Waals surface area contributed by atoms with Crippen LogP contribution in [0.1, 0.15) is 31.7 Å². The average molecular weight is 517 g/mol. The first-order valence-corrected chi connectivity index (χ1v) is 14.2. The Labute approximate surface area is 209 Å². The van der Waals surface area contributed by atoms with E-state index < -0.39 is 32.9 Å². The van der Waals surface area contributed by atoms with E-state index in [1.165, 1.54) is 25.6 Å². The molecule has 2 fully saturated rings. The minimum Gasteiger partial charge on any atom is -0.368 e. The molecule has 3 aromatic rings. The van der Waals surface area contributed by atoms with Crippen molar-refractivity contribution in [1.82, 2.24) is 24.9 Å². The van der Waals surface area contributed by atoms with Crippen LogP contribution in [-0.4, -0.2) is 71.8 Å². The molecule has 36 heavy (non-hydrogen) atoms. The SMILES string of the molecule is CCCS(=O)(=O)Cc1ccc(F)c(-n2cc(-c3cncc(N4CCN(CC5CC5)CC4)c3)nn2)c1F. The van der Waals surface area contributed by atoms with Crippen LogP contribution < -0.4 is 4.90 Å². The van der Waals surface area contributed by atoms with Gasteiger partial charge in [0.2, 0.25) is 0 Å². The normalized spacial score (nSPS) is 17.0. The molecule has 3 heterocycles. The van der Waals surface area contributed by atoms with Gasteiger partial charge in [-0.2, -0.15) is 0 Å². The summed E-state index contributed by atoms with van der Waals surface area (Å²) in [4.78, 5) is 9.15. The highest BCUT2D eigenvalue weighted by atomic mass is 32.2. The number of sulfone groups is 1. The van der Waals surface area contributed by atoms with Gasteiger partial charge in [-0.05, 0) is 37.3 Å². The lowest BCUT2D eigenvalue weighted by Gasteiger charge is -2.36. The summed E-state index contributed by atoms with van der Waals surface area (Å²) in [6, 6.07) is 4.18. The molecule has 1 aliphatic heterocycles. The summed E-state index contributed by atoms with van der Waals surface area (Å²) in [5, 5.41) is 8.04. The maximum absolute atomic E-state index is 15.2. The molecule has 1 aromatic carbocycles. The third kappa shape index (κ3) is 5.57. The van der Waals surface area contributed by atoms with E-state index in [0.717, 1.165) is 54.6 Å². The van der Waals surface area contributed by atoms with E-state index in [4.69, 9.17) is 0 Å². The maximum Gasteiger partial charge on any atom is 0.156 e. The Bertz CT molecular complexity index is 1330. The molecule has 0 N–H and O–H groups in total. The van der Waals surface area contributed by atoms with Crippen molar-refractivity contribution in [3.05, 3.63) is 54.0 Å². The van der Waals surface area contributed by atoms with Gasteiger partial charge in [0.25, 0.3) is 0 Å². The molecule has 0 unspecified atom stereocenters. The summed E-state index contributed by atoms with van der Waals surface area (Å²) in [5.41, 5.74) is 1.52. The van der Waals surface area contributed by atoms with E-state index in [1.54, 1.807) is 13.1 Å². The Kier molecular flexibility index (Phi) is 7.03. The fourth-order valence-electron chi connectivity index (χ4n) is 4.62. The Morgan fingerprint density at radius 3 is 2.58 bits per heavy atom. The topological polar surface area (TPSA) is 84.2 Å². The van der Waals surface area contributed by atoms with Gasteiger partial charge in [-0.25, -0.2) is 21.9 Å². The van der Waals surface area contributed by atoms with Gasteiger partial charge in [-0.15, -0.1) is 5.10 Å². The van der Waals surface area contributed by atoms with Crippen molar-refractivity contribution in [3.8, 4) is 16.9 Å². The lowest BCUT2D eigenvalue weighted by Crippen LogP contribution is -2.47. The monoisotopic (exact) mass is 516 g/mol. The second-order valence-electron chi connectivity index (χ2n) is 9.67. The van der Waals surface area contributed by atoms with Crippen molar-refractivity contribution in [2.75, 3.05) is 43.4 Å². The highest BCUT2D eigenvalue weighted by Gasteiger charge is 2.27. The fraction of sp³-hybridized carbons (Fsp3) is 0.480. The summed E-state index contributed by atoms with van der Waals surface area (Å²) in [6.07, 6.45) is 8.01. The van der Waals surface area contributed by atoms with Gasteiger partial charge in [0.1, 0.15) is 11.4 Å². The first-order chi connectivity index (χ1) is 17.3. The minimum absolute atomic E-state index is 0.0640. The van der Waals surface area contributed by atoms with E-state index in [-0.39, 0.29) is 11.3 Å². The van der Waals surface area contributed by atoms with E-state index in [9.17, 15) is 12.8 Å². The van der Waals surface area contributed by atoms with Crippen molar-refractivity contribution in [1.29, 1.82) is 0 Å². The Morgan fingerprint density at radius 1 is 1.08 bits per heavy atom. The van der Waals surface area contributed by atoms with Crippen LogP contribution in [0.4, 0.5) is 14.5 Å². The molecule has 11 heteroatoms. The highest BCUT2D eigenvalue weighted by molar-refractivity contribution is 7.90. The van der Waals surface area contributed by atoms with Crippen molar-refractivity contribution < 1.29 is 17.2 Å². The lowest BCUT2D eigenvalue weighted by molar-refractivity contribution is 0.248. The zero-order valence-electron chi connectivity index (χ0n) is 20.3. The average Bonchev–Trinajstić information content (AvgIpc) is 3.54. The number of hydrogen-bond donors (Lipinski definition) is 0. The van der Waals surface area contributed by atoms with Gasteiger partial charge in [0, 0.05) is 50.0 Å². The quantitative estimate of drug-likeness (QED) is 0.431. The largest absolute Gasteiger partial charge is 0.368 e. The smallest absolute Gasteiger partial charge is 0.156 e. The number of nitrogens with zero attached hydrogens (tertiary/aromatic N) is 6. The summed E-state index contributed by atoms with van der Waals surface area (Å²) in [6.45, 7) is 6.77. The summed E-state index contributed by atoms with van der Waals surface area (Å²) < 4.78 is 55.2. The van der Waals surface area contributed by atoms with Gasteiger partial charge in [-0.3, -0.25) is 9.88 Å². The zero-order valence-corrected chi connectivity index (χ0v) is 21.1. The number of pyridine rings is 1. The molecule has 0 bridgehead atoms. The van der Waals surface area contributed by atoms with E-state index in [1.807, 2.05) is 12.3 Å². The van der Waals surface area contributed by atoms with Crippen molar-refractivity contribution in [2.24, 2.45) is 5.92 Å². The maximum atomic E-state index is 15.2. The van der Waals surface area contributed by atoms with E-state index in [2.05, 4.69) is 25.1 Å². The molecular formula is C25H30F2N6O2S. The summed E-state index contributed by atoms with van der Waals surface area (Å²) in [7, 11) is -3.50. The van der Waals surface area contributed by atoms with Gasteiger partial charge in [0.15, 0.2) is 21.5 Å². The number of hydrogen-bond acceptors (Lipinski definition) is 7. The number of piperazine rings is 1. The number of anilines is 1. The first-order valence-electron chi connectivity index (χ1n) is 12.4. The van der Waals surface area contributed by atoms with Gasteiger partial charge in [-0.1, -0.05) is 18.2 Å². The van der Waals surface area contributed by atoms with Crippen LogP contribution in [-0.2, 0) is 15.6 Å². The van der Waals surface area contributed by atoms with Crippen LogP contribution in [0.2, 0.25) is 0 Å². The predicted octanol–water partition coefficient (Wildman–Crippen LogP) is 3.46. The summed E-state index contributed by atoms with van der Waals surface area (Å²) in [5.74, 6) is -1.49. The van der Waals surface area contributed by atoms with Crippen molar-refractivity contribution in [3.63, 3.8) is 0 Å². The number of benzene rings is 1. The van der Waals surface area contributed by atoms with Gasteiger partial charge in [0.05, 0.1) is 29.6 Å². The molecule has 0 radical (unpaired) electrons. The standard InChI is InChI=1S/C25H30F2N6O2S/c1-2-11-36(34,35)17-19-5-6-22(26)25(24(19)27)33-16-23(29-30-33)20-12-21(14-28-13-20)32-9-7-31(8-10-32)15-18-3-4-18/h5-6,12-14,16,18H,2-4,7-11,15,17H2,1H3. The summed E-state index contributed by atoms with van der Waals surface area (Å²) >= 11 is 0. The highest BCUT2D eigenvalue weighted by Crippen LogP contribution is 2.31. The molecule has 2 aliphatic rings.